The van der Waals surface area contributed by atoms with E-state index in [-0.39, 0.29) is 17.1 Å². The second-order valence-electron chi connectivity index (χ2n) is 2.18. The molecule has 1 rings (SSSR count). The highest BCUT2D eigenvalue weighted by Crippen LogP contribution is 2.05. The number of amides is 1. The first-order valence-corrected chi connectivity index (χ1v) is 3.18. The Morgan fingerprint density at radius 3 is 3.00 bits per heavy atom. The van der Waals surface area contributed by atoms with Crippen molar-refractivity contribution in [3.8, 4) is 0 Å². The average molecular weight is 168 g/mol. The van der Waals surface area contributed by atoms with Gasteiger partial charge in [0, 0.05) is 7.05 Å². The van der Waals surface area contributed by atoms with Gasteiger partial charge in [-0.3, -0.25) is 9.59 Å². The Morgan fingerprint density at radius 1 is 1.75 bits per heavy atom. The van der Waals surface area contributed by atoms with E-state index >= 15 is 0 Å². The van der Waals surface area contributed by atoms with Gasteiger partial charge in [-0.05, 0) is 0 Å². The second kappa shape index (κ2) is 3.04. The number of anilines is 2. The van der Waals surface area contributed by atoms with E-state index in [0.29, 0.717) is 6.41 Å². The molecule has 0 aromatic carbocycles. The predicted molar refractivity (Wildman–Crippen MR) is 43.6 cm³/mol. The smallest absolute Gasteiger partial charge is 0.279 e. The van der Waals surface area contributed by atoms with E-state index in [1.54, 1.807) is 0 Å². The lowest BCUT2D eigenvalue weighted by Crippen LogP contribution is -2.22. The summed E-state index contributed by atoms with van der Waals surface area (Å²) >= 11 is 0. The van der Waals surface area contributed by atoms with Crippen molar-refractivity contribution in [2.45, 2.75) is 0 Å². The molecule has 0 aliphatic heterocycles. The van der Waals surface area contributed by atoms with Crippen molar-refractivity contribution in [2.24, 2.45) is 7.05 Å². The quantitative estimate of drug-likeness (QED) is 0.550. The monoisotopic (exact) mass is 168 g/mol. The zero-order valence-corrected chi connectivity index (χ0v) is 6.44. The van der Waals surface area contributed by atoms with Crippen LogP contribution in [-0.4, -0.2) is 16.0 Å². The van der Waals surface area contributed by atoms with Crippen molar-refractivity contribution in [3.63, 3.8) is 0 Å². The van der Waals surface area contributed by atoms with Crippen LogP contribution in [0.2, 0.25) is 0 Å². The third-order valence-corrected chi connectivity index (χ3v) is 1.36. The van der Waals surface area contributed by atoms with Gasteiger partial charge in [-0.1, -0.05) is 0 Å². The van der Waals surface area contributed by atoms with Crippen LogP contribution >= 0.6 is 0 Å². The molecule has 0 unspecified atom stereocenters. The molecule has 64 valence electrons. The number of hydrogen-bond acceptors (Lipinski definition) is 4. The predicted octanol–water partition coefficient (Wildman–Crippen LogP) is -1.07. The van der Waals surface area contributed by atoms with Gasteiger partial charge in [0.05, 0.1) is 6.33 Å². The zero-order chi connectivity index (χ0) is 9.14. The number of aromatic nitrogens is 2. The van der Waals surface area contributed by atoms with E-state index in [1.165, 1.54) is 17.9 Å². The molecule has 0 bridgehead atoms. The summed E-state index contributed by atoms with van der Waals surface area (Å²) in [5.41, 5.74) is 4.96. The highest BCUT2D eigenvalue weighted by Gasteiger charge is 2.05. The molecule has 12 heavy (non-hydrogen) atoms. The van der Waals surface area contributed by atoms with Gasteiger partial charge in [-0.25, -0.2) is 4.98 Å². The molecule has 1 aromatic heterocycles. The first-order chi connectivity index (χ1) is 5.66. The summed E-state index contributed by atoms with van der Waals surface area (Å²) in [5.74, 6) is 0.0187. The number of carbonyl (C=O) groups is 1. The number of aryl methyl sites for hydroxylation is 1. The van der Waals surface area contributed by atoms with Gasteiger partial charge in [0.25, 0.3) is 5.56 Å². The van der Waals surface area contributed by atoms with Crippen LogP contribution in [0.3, 0.4) is 0 Å². The maximum absolute atomic E-state index is 11.2. The minimum Gasteiger partial charge on any atom is -0.382 e. The van der Waals surface area contributed by atoms with Crippen LogP contribution in [0.25, 0.3) is 0 Å². The molecule has 0 saturated heterocycles. The van der Waals surface area contributed by atoms with Crippen LogP contribution in [0.5, 0.6) is 0 Å². The fourth-order valence-electron chi connectivity index (χ4n) is 0.746. The fraction of sp³-hybridized carbons (Fsp3) is 0.167. The molecule has 0 aliphatic carbocycles. The summed E-state index contributed by atoms with van der Waals surface area (Å²) in [6, 6.07) is 0. The first-order valence-electron chi connectivity index (χ1n) is 3.18. The highest BCUT2D eigenvalue weighted by atomic mass is 16.1. The number of nitrogens with one attached hydrogen (secondary N) is 1. The van der Waals surface area contributed by atoms with Crippen LogP contribution in [-0.2, 0) is 11.8 Å². The summed E-state index contributed by atoms with van der Waals surface area (Å²) in [4.78, 5) is 24.9. The van der Waals surface area contributed by atoms with Gasteiger partial charge < -0.3 is 15.6 Å². The van der Waals surface area contributed by atoms with E-state index in [2.05, 4.69) is 10.3 Å². The van der Waals surface area contributed by atoms with Gasteiger partial charge >= 0.3 is 0 Å². The third kappa shape index (κ3) is 1.26. The van der Waals surface area contributed by atoms with Crippen molar-refractivity contribution >= 4 is 17.9 Å². The minimum absolute atomic E-state index is 0.00926. The van der Waals surface area contributed by atoms with Crippen molar-refractivity contribution in [2.75, 3.05) is 11.1 Å². The number of rotatable bonds is 2. The number of nitrogens with two attached hydrogens (primary N) is 1. The molecule has 6 heteroatoms. The molecular weight excluding hydrogens is 160 g/mol. The molecule has 0 spiro atoms. The maximum atomic E-state index is 11.2. The lowest BCUT2D eigenvalue weighted by Gasteiger charge is -2.02. The van der Waals surface area contributed by atoms with E-state index in [4.69, 9.17) is 5.73 Å². The molecule has 0 saturated carbocycles. The summed E-state index contributed by atoms with van der Waals surface area (Å²) < 4.78 is 1.22. The fourth-order valence-corrected chi connectivity index (χ4v) is 0.746. The van der Waals surface area contributed by atoms with Crippen LogP contribution in [0.4, 0.5) is 11.5 Å². The number of nitrogens with zero attached hydrogens (tertiary/aromatic N) is 2. The van der Waals surface area contributed by atoms with E-state index in [0.717, 1.165) is 0 Å². The largest absolute Gasteiger partial charge is 0.382 e. The first kappa shape index (κ1) is 8.25. The Morgan fingerprint density at radius 2 is 2.42 bits per heavy atom. The van der Waals surface area contributed by atoms with Crippen LogP contribution in [0, 0.1) is 0 Å². The lowest BCUT2D eigenvalue weighted by molar-refractivity contribution is -0.105. The van der Waals surface area contributed by atoms with E-state index in [9.17, 15) is 9.59 Å². The molecule has 0 radical (unpaired) electrons. The molecule has 0 aliphatic rings. The zero-order valence-electron chi connectivity index (χ0n) is 6.44. The van der Waals surface area contributed by atoms with Gasteiger partial charge in [0.1, 0.15) is 5.69 Å². The third-order valence-electron chi connectivity index (χ3n) is 1.36. The van der Waals surface area contributed by atoms with Crippen LogP contribution in [0.15, 0.2) is 11.1 Å². The molecule has 0 atom stereocenters. The Balaban J connectivity index is 3.32. The minimum atomic E-state index is -0.380. The Labute approximate surface area is 68.0 Å². The van der Waals surface area contributed by atoms with Crippen molar-refractivity contribution in [3.05, 3.63) is 16.7 Å². The summed E-state index contributed by atoms with van der Waals surface area (Å²) in [7, 11) is 1.52. The molecule has 1 amide bonds. The lowest BCUT2D eigenvalue weighted by atomic mass is 10.4. The maximum Gasteiger partial charge on any atom is 0.279 e. The van der Waals surface area contributed by atoms with Gasteiger partial charge in [0.2, 0.25) is 6.41 Å². The van der Waals surface area contributed by atoms with E-state index in [1.807, 2.05) is 0 Å². The van der Waals surface area contributed by atoms with Crippen molar-refractivity contribution in [1.82, 2.24) is 9.55 Å². The molecule has 0 fully saturated rings. The number of hydrogen-bond donors (Lipinski definition) is 2. The summed E-state index contributed by atoms with van der Waals surface area (Å²) in [5, 5.41) is 2.18. The van der Waals surface area contributed by atoms with Crippen molar-refractivity contribution in [1.29, 1.82) is 0 Å². The summed E-state index contributed by atoms with van der Waals surface area (Å²) in [6.07, 6.45) is 1.67. The summed E-state index contributed by atoms with van der Waals surface area (Å²) in [6.45, 7) is 0. The molecule has 1 heterocycles. The number of carbonyl (C=O) groups excluding carboxylic acids is 1. The van der Waals surface area contributed by atoms with Gasteiger partial charge in [-0.15, -0.1) is 0 Å². The molecule has 6 nitrogen and oxygen atoms in total. The number of nitrogen functional groups attached to an aromatic ring is 1. The topological polar surface area (TPSA) is 90.0 Å². The van der Waals surface area contributed by atoms with Crippen molar-refractivity contribution < 1.29 is 4.79 Å². The van der Waals surface area contributed by atoms with Crippen LogP contribution in [0.1, 0.15) is 0 Å². The van der Waals surface area contributed by atoms with Crippen LogP contribution < -0.4 is 16.6 Å². The van der Waals surface area contributed by atoms with E-state index < -0.39 is 0 Å². The Bertz CT molecular complexity index is 357. The van der Waals surface area contributed by atoms with Gasteiger partial charge in [0.15, 0.2) is 5.82 Å². The highest BCUT2D eigenvalue weighted by molar-refractivity contribution is 5.76. The average Bonchev–Trinajstić information content (AvgIpc) is 2.06. The Kier molecular flexibility index (Phi) is 2.09. The standard InChI is InChI=1S/C6H8N4O2/c1-10-2-8-5(7)4(6(10)12)9-3-11/h2-3H,7H2,1H3,(H,9,11). The van der Waals surface area contributed by atoms with Gasteiger partial charge in [-0.2, -0.15) is 0 Å². The normalized spacial score (nSPS) is 9.42. The SMILES string of the molecule is Cn1cnc(N)c(NC=O)c1=O. The Hall–Kier alpha value is -1.85. The second-order valence-corrected chi connectivity index (χ2v) is 2.18. The molecule has 3 N–H and O–H groups in total. The molecule has 1 aromatic rings. The molecular formula is C6H8N4O2.